The van der Waals surface area contributed by atoms with E-state index in [0.29, 0.717) is 0 Å². The molecule has 0 saturated carbocycles. The van der Waals surface area contributed by atoms with Crippen molar-refractivity contribution in [1.82, 2.24) is 5.32 Å². The zero-order valence-corrected chi connectivity index (χ0v) is 24.4. The monoisotopic (exact) mass is 539 g/mol. The molecule has 0 aromatic heterocycles. The van der Waals surface area contributed by atoms with E-state index >= 15 is 0 Å². The Hall–Kier alpha value is -4.72. The Bertz CT molecular complexity index is 2340. The molecule has 0 spiro atoms. The molecule has 0 unspecified atom stereocenters. The van der Waals surface area contributed by atoms with E-state index in [4.69, 9.17) is 0 Å². The van der Waals surface area contributed by atoms with Crippen molar-refractivity contribution in [1.29, 1.82) is 0 Å². The molecule has 1 nitrogen and oxygen atoms in total. The van der Waals surface area contributed by atoms with Crippen molar-refractivity contribution in [2.24, 2.45) is 0 Å². The normalized spacial score (nSPS) is 12.6. The zero-order valence-electron chi connectivity index (χ0n) is 24.4. The van der Waals surface area contributed by atoms with Crippen molar-refractivity contribution in [2.75, 3.05) is 13.6 Å². The van der Waals surface area contributed by atoms with Gasteiger partial charge in [-0.2, -0.15) is 0 Å². The molecule has 0 amide bonds. The van der Waals surface area contributed by atoms with Crippen LogP contribution < -0.4 is 10.5 Å². The fourth-order valence-electron chi connectivity index (χ4n) is 7.25. The number of aryl methyl sites for hydroxylation is 1. The summed E-state index contributed by atoms with van der Waals surface area (Å²) in [5.41, 5.74) is 7.84. The van der Waals surface area contributed by atoms with Crippen LogP contribution in [0, 0.1) is 6.92 Å². The molecule has 0 bridgehead atoms. The first kappa shape index (κ1) is 25.0. The van der Waals surface area contributed by atoms with Crippen LogP contribution in [0.25, 0.3) is 82.2 Å². The molecule has 0 aliphatic rings. The first-order chi connectivity index (χ1) is 20.6. The molecule has 0 radical (unpaired) electrons. The molecular weight excluding hydrogens is 506 g/mol. The molecular formula is C41H33N. The number of benzene rings is 8. The van der Waals surface area contributed by atoms with Gasteiger partial charge in [0.2, 0.25) is 0 Å². The number of hydrogen-bond acceptors (Lipinski definition) is 1. The lowest BCUT2D eigenvalue weighted by Crippen LogP contribution is -2.10. The lowest BCUT2D eigenvalue weighted by atomic mass is 9.86. The number of rotatable bonds is 5. The Morgan fingerprint density at radius 3 is 1.76 bits per heavy atom. The first-order valence-corrected chi connectivity index (χ1v) is 15.0. The highest BCUT2D eigenvalue weighted by Gasteiger charge is 2.16. The highest BCUT2D eigenvalue weighted by atomic mass is 14.8. The Kier molecular flexibility index (Phi) is 5.77. The molecule has 202 valence electrons. The van der Waals surface area contributed by atoms with Crippen LogP contribution in [0.5, 0.6) is 0 Å². The minimum absolute atomic E-state index is 0.944. The van der Waals surface area contributed by atoms with Gasteiger partial charge in [-0.3, -0.25) is 0 Å². The molecule has 0 aliphatic heterocycles. The first-order valence-electron chi connectivity index (χ1n) is 15.0. The van der Waals surface area contributed by atoms with Crippen molar-refractivity contribution in [3.63, 3.8) is 0 Å². The van der Waals surface area contributed by atoms with Gasteiger partial charge in [-0.25, -0.2) is 0 Å². The molecule has 8 rings (SSSR count). The van der Waals surface area contributed by atoms with Crippen LogP contribution in [0.15, 0.2) is 109 Å². The summed E-state index contributed by atoms with van der Waals surface area (Å²) in [5, 5.41) is 18.0. The molecule has 42 heavy (non-hydrogen) atoms. The molecule has 0 atom stereocenters. The highest BCUT2D eigenvalue weighted by Crippen LogP contribution is 2.41. The molecule has 8 aromatic rings. The van der Waals surface area contributed by atoms with Crippen LogP contribution >= 0.6 is 0 Å². The summed E-state index contributed by atoms with van der Waals surface area (Å²) in [5.74, 6) is 0. The summed E-state index contributed by atoms with van der Waals surface area (Å²) in [4.78, 5) is 0. The molecule has 0 saturated heterocycles. The molecule has 0 aliphatic carbocycles. The van der Waals surface area contributed by atoms with Crippen molar-refractivity contribution in [2.45, 2.75) is 20.3 Å². The van der Waals surface area contributed by atoms with Gasteiger partial charge in [0.05, 0.1) is 0 Å². The van der Waals surface area contributed by atoms with Gasteiger partial charge in [0.1, 0.15) is 0 Å². The number of nitrogens with one attached hydrogen (secondary N) is 1. The van der Waals surface area contributed by atoms with Crippen molar-refractivity contribution < 1.29 is 0 Å². The largest absolute Gasteiger partial charge is 0.319 e. The maximum absolute atomic E-state index is 3.36. The van der Waals surface area contributed by atoms with Crippen LogP contribution in [-0.4, -0.2) is 13.6 Å². The second-order valence-corrected chi connectivity index (χ2v) is 11.7. The summed E-state index contributed by atoms with van der Waals surface area (Å²) >= 11 is 0. The van der Waals surface area contributed by atoms with Gasteiger partial charge >= 0.3 is 0 Å². The lowest BCUT2D eigenvalue weighted by molar-refractivity contribution is 0.792. The van der Waals surface area contributed by atoms with E-state index in [1.807, 2.05) is 7.05 Å². The van der Waals surface area contributed by atoms with Crippen molar-refractivity contribution in [3.8, 4) is 22.3 Å². The van der Waals surface area contributed by atoms with Crippen molar-refractivity contribution >= 4 is 59.9 Å². The lowest BCUT2D eigenvalue weighted by Gasteiger charge is -2.17. The van der Waals surface area contributed by atoms with Gasteiger partial charge in [0, 0.05) is 0 Å². The summed E-state index contributed by atoms with van der Waals surface area (Å²) in [6.07, 6.45) is 3.22. The van der Waals surface area contributed by atoms with Gasteiger partial charge in [0.25, 0.3) is 0 Å². The van der Waals surface area contributed by atoms with Gasteiger partial charge in [-0.05, 0) is 132 Å². The Labute approximate surface area is 246 Å². The van der Waals surface area contributed by atoms with Gasteiger partial charge in [0.15, 0.2) is 0 Å². The standard InChI is InChI=1S/C41H33N/c1-4-27-12-18-36-34(16-13-30-9-8-25(2)38(27)40(30)36)32-22-26(20-21-42-3)23-33(24-32)35-17-14-31-11-10-28-6-5-7-29-15-19-37(35)41(31)39(28)29/h4-19,22-24,42H,20-21H2,1-3H3/b27-4-. The molecule has 0 fully saturated rings. The van der Waals surface area contributed by atoms with Crippen LogP contribution in [0.3, 0.4) is 0 Å². The Morgan fingerprint density at radius 2 is 1.12 bits per heavy atom. The molecule has 1 heteroatoms. The average Bonchev–Trinajstić information content (AvgIpc) is 3.04. The summed E-state index contributed by atoms with van der Waals surface area (Å²) in [7, 11) is 2.03. The summed E-state index contributed by atoms with van der Waals surface area (Å²) < 4.78 is 0. The Balaban J connectivity index is 1.41. The van der Waals surface area contributed by atoms with E-state index in [9.17, 15) is 0 Å². The fraction of sp³-hybridized carbons (Fsp3) is 0.122. The minimum Gasteiger partial charge on any atom is -0.319 e. The van der Waals surface area contributed by atoms with E-state index in [2.05, 4.69) is 134 Å². The summed E-state index contributed by atoms with van der Waals surface area (Å²) in [6.45, 7) is 5.32. The predicted molar refractivity (Wildman–Crippen MR) is 184 cm³/mol. The maximum atomic E-state index is 3.36. The van der Waals surface area contributed by atoms with Crippen LogP contribution in [0.1, 0.15) is 18.1 Å². The third kappa shape index (κ3) is 3.74. The van der Waals surface area contributed by atoms with E-state index in [0.717, 1.165) is 13.0 Å². The zero-order chi connectivity index (χ0) is 28.4. The Morgan fingerprint density at radius 1 is 0.571 bits per heavy atom. The number of likely N-dealkylation sites (N-methyl/N-ethyl adjacent to an activating group) is 1. The van der Waals surface area contributed by atoms with E-state index < -0.39 is 0 Å². The average molecular weight is 540 g/mol. The highest BCUT2D eigenvalue weighted by molar-refractivity contribution is 6.25. The van der Waals surface area contributed by atoms with Crippen LogP contribution in [0.4, 0.5) is 0 Å². The second kappa shape index (κ2) is 9.69. The molecule has 8 aromatic carbocycles. The summed E-state index contributed by atoms with van der Waals surface area (Å²) in [6, 6.07) is 41.4. The topological polar surface area (TPSA) is 12.0 Å². The smallest absolute Gasteiger partial charge is 0.00113 e. The van der Waals surface area contributed by atoms with Crippen molar-refractivity contribution in [3.05, 3.63) is 126 Å². The van der Waals surface area contributed by atoms with Gasteiger partial charge < -0.3 is 5.32 Å². The second-order valence-electron chi connectivity index (χ2n) is 11.7. The minimum atomic E-state index is 0.944. The molecule has 1 N–H and O–H groups in total. The predicted octanol–water partition coefficient (Wildman–Crippen LogP) is 9.81. The quantitative estimate of drug-likeness (QED) is 0.215. The van der Waals surface area contributed by atoms with E-state index in [1.165, 1.54) is 92.5 Å². The maximum Gasteiger partial charge on any atom is -0.00113 e. The fourth-order valence-corrected chi connectivity index (χ4v) is 7.25. The molecule has 0 heterocycles. The van der Waals surface area contributed by atoms with E-state index in [-0.39, 0.29) is 0 Å². The third-order valence-electron chi connectivity index (χ3n) is 9.27. The van der Waals surface area contributed by atoms with Crippen LogP contribution in [-0.2, 0) is 6.42 Å². The van der Waals surface area contributed by atoms with Gasteiger partial charge in [-0.15, -0.1) is 0 Å². The van der Waals surface area contributed by atoms with Crippen LogP contribution in [0.2, 0.25) is 0 Å². The third-order valence-corrected chi connectivity index (χ3v) is 9.27. The number of hydrogen-bond donors (Lipinski definition) is 1. The van der Waals surface area contributed by atoms with E-state index in [1.54, 1.807) is 0 Å². The SMILES string of the molecule is C/C=c1/ccc2c(-c3cc(CCNC)cc(-c4ccc5ccc6cccc7ccc4c5c67)c3)ccc3ccc(C)c1c32. The van der Waals surface area contributed by atoms with Gasteiger partial charge in [-0.1, -0.05) is 109 Å².